The standard InChI is InChI=1S/C19H37NO/c1-3-4-5-6-7-8-9-10-11-12-13-14-15-16-17-18-19-20-21-2/h8-9,11-12,20H,3-7,10,13-19H2,1-2H3/b9-8-,12-11-. The van der Waals surface area contributed by atoms with Gasteiger partial charge in [-0.05, 0) is 38.5 Å². The lowest BCUT2D eigenvalue weighted by Crippen LogP contribution is -2.12. The summed E-state index contributed by atoms with van der Waals surface area (Å²) in [5.74, 6) is 0. The van der Waals surface area contributed by atoms with E-state index in [1.54, 1.807) is 7.11 Å². The van der Waals surface area contributed by atoms with Crippen LogP contribution in [0.5, 0.6) is 0 Å². The number of unbranched alkanes of at least 4 members (excludes halogenated alkanes) is 9. The van der Waals surface area contributed by atoms with Crippen molar-refractivity contribution in [1.29, 1.82) is 0 Å². The van der Waals surface area contributed by atoms with E-state index in [0.717, 1.165) is 13.0 Å². The summed E-state index contributed by atoms with van der Waals surface area (Å²) in [5.41, 5.74) is 2.88. The quantitative estimate of drug-likeness (QED) is 0.216. The Morgan fingerprint density at radius 1 is 0.714 bits per heavy atom. The lowest BCUT2D eigenvalue weighted by Gasteiger charge is -2.01. The van der Waals surface area contributed by atoms with Crippen molar-refractivity contribution in [1.82, 2.24) is 5.48 Å². The van der Waals surface area contributed by atoms with Crippen molar-refractivity contribution < 1.29 is 4.84 Å². The van der Waals surface area contributed by atoms with Crippen molar-refractivity contribution in [3.05, 3.63) is 24.3 Å². The first-order valence-corrected chi connectivity index (χ1v) is 8.97. The van der Waals surface area contributed by atoms with Crippen molar-refractivity contribution in [2.24, 2.45) is 0 Å². The van der Waals surface area contributed by atoms with E-state index in [1.807, 2.05) is 0 Å². The smallest absolute Gasteiger partial charge is 0.0572 e. The minimum absolute atomic E-state index is 0.973. The molecule has 2 heteroatoms. The van der Waals surface area contributed by atoms with Crippen molar-refractivity contribution >= 4 is 0 Å². The van der Waals surface area contributed by atoms with Crippen molar-refractivity contribution in [2.45, 2.75) is 84.0 Å². The second kappa shape index (κ2) is 19.4. The Kier molecular flexibility index (Phi) is 18.8. The van der Waals surface area contributed by atoms with Gasteiger partial charge in [0.2, 0.25) is 0 Å². The molecule has 21 heavy (non-hydrogen) atoms. The zero-order valence-electron chi connectivity index (χ0n) is 14.4. The number of allylic oxidation sites excluding steroid dienone is 4. The van der Waals surface area contributed by atoms with E-state index in [9.17, 15) is 0 Å². The lowest BCUT2D eigenvalue weighted by molar-refractivity contribution is 0.0904. The van der Waals surface area contributed by atoms with Gasteiger partial charge in [-0.25, -0.2) is 5.48 Å². The second-order valence-electron chi connectivity index (χ2n) is 5.68. The van der Waals surface area contributed by atoms with Gasteiger partial charge in [-0.3, -0.25) is 0 Å². The van der Waals surface area contributed by atoms with Crippen LogP contribution in [0, 0.1) is 0 Å². The van der Waals surface area contributed by atoms with Crippen LogP contribution in [0.1, 0.15) is 84.0 Å². The van der Waals surface area contributed by atoms with Crippen LogP contribution in [0.4, 0.5) is 0 Å². The Morgan fingerprint density at radius 2 is 1.29 bits per heavy atom. The Balaban J connectivity index is 3.13. The maximum atomic E-state index is 4.80. The topological polar surface area (TPSA) is 21.3 Å². The number of hydrogen-bond donors (Lipinski definition) is 1. The van der Waals surface area contributed by atoms with Gasteiger partial charge in [-0.2, -0.15) is 0 Å². The molecule has 0 amide bonds. The summed E-state index contributed by atoms with van der Waals surface area (Å²) in [4.78, 5) is 4.80. The highest BCUT2D eigenvalue weighted by atomic mass is 16.6. The highest BCUT2D eigenvalue weighted by Crippen LogP contribution is 2.06. The summed E-state index contributed by atoms with van der Waals surface area (Å²) in [6, 6.07) is 0. The number of hydroxylamine groups is 1. The first kappa shape index (κ1) is 20.4. The molecule has 2 nitrogen and oxygen atoms in total. The van der Waals surface area contributed by atoms with Crippen LogP contribution in [0.25, 0.3) is 0 Å². The predicted molar refractivity (Wildman–Crippen MR) is 94.4 cm³/mol. The molecule has 0 aromatic rings. The second-order valence-corrected chi connectivity index (χ2v) is 5.68. The van der Waals surface area contributed by atoms with E-state index >= 15 is 0 Å². The van der Waals surface area contributed by atoms with Crippen LogP contribution >= 0.6 is 0 Å². The predicted octanol–water partition coefficient (Wildman–Crippen LogP) is 5.95. The van der Waals surface area contributed by atoms with Crippen molar-refractivity contribution in [2.75, 3.05) is 13.7 Å². The van der Waals surface area contributed by atoms with Gasteiger partial charge in [0.05, 0.1) is 7.11 Å². The molecule has 0 aliphatic heterocycles. The molecule has 0 aromatic carbocycles. The summed E-state index contributed by atoms with van der Waals surface area (Å²) in [7, 11) is 1.67. The molecule has 0 saturated carbocycles. The third kappa shape index (κ3) is 19.4. The SMILES string of the molecule is CCCCCC/C=C\C/C=C\CCCCCCCNOC. The molecule has 0 saturated heterocycles. The third-order valence-corrected chi connectivity index (χ3v) is 3.62. The van der Waals surface area contributed by atoms with E-state index in [1.165, 1.54) is 70.6 Å². The Hall–Kier alpha value is -0.600. The number of hydrogen-bond acceptors (Lipinski definition) is 2. The molecule has 0 radical (unpaired) electrons. The molecule has 0 aliphatic rings. The first-order chi connectivity index (χ1) is 10.4. The fraction of sp³-hybridized carbons (Fsp3) is 0.789. The van der Waals surface area contributed by atoms with Gasteiger partial charge in [0, 0.05) is 6.54 Å². The van der Waals surface area contributed by atoms with Gasteiger partial charge in [-0.15, -0.1) is 0 Å². The van der Waals surface area contributed by atoms with E-state index in [2.05, 4.69) is 36.7 Å². The summed E-state index contributed by atoms with van der Waals surface area (Å²) in [6.07, 6.45) is 24.9. The minimum atomic E-state index is 0.973. The molecule has 124 valence electrons. The average molecular weight is 296 g/mol. The molecular formula is C19H37NO. The van der Waals surface area contributed by atoms with Crippen molar-refractivity contribution in [3.8, 4) is 0 Å². The third-order valence-electron chi connectivity index (χ3n) is 3.62. The highest BCUT2D eigenvalue weighted by Gasteiger charge is 1.89. The highest BCUT2D eigenvalue weighted by molar-refractivity contribution is 4.92. The van der Waals surface area contributed by atoms with Gasteiger partial charge < -0.3 is 4.84 Å². The molecular weight excluding hydrogens is 258 g/mol. The summed E-state index contributed by atoms with van der Waals surface area (Å²) >= 11 is 0. The van der Waals surface area contributed by atoms with Crippen LogP contribution in [-0.4, -0.2) is 13.7 Å². The molecule has 1 N–H and O–H groups in total. The molecule has 0 fully saturated rings. The normalized spacial score (nSPS) is 11.9. The largest absolute Gasteiger partial charge is 0.305 e. The summed E-state index contributed by atoms with van der Waals surface area (Å²) in [5, 5.41) is 0. The fourth-order valence-electron chi connectivity index (χ4n) is 2.29. The number of rotatable bonds is 16. The molecule has 0 spiro atoms. The van der Waals surface area contributed by atoms with E-state index < -0.39 is 0 Å². The number of nitrogens with one attached hydrogen (secondary N) is 1. The van der Waals surface area contributed by atoms with Crippen LogP contribution in [0.15, 0.2) is 24.3 Å². The fourth-order valence-corrected chi connectivity index (χ4v) is 2.29. The zero-order valence-corrected chi connectivity index (χ0v) is 14.4. The molecule has 0 aliphatic carbocycles. The lowest BCUT2D eigenvalue weighted by atomic mass is 10.1. The molecule has 0 unspecified atom stereocenters. The Bertz CT molecular complexity index is 236. The minimum Gasteiger partial charge on any atom is -0.305 e. The molecule has 0 heterocycles. The maximum absolute atomic E-state index is 4.80. The van der Waals surface area contributed by atoms with Crippen LogP contribution in [0.2, 0.25) is 0 Å². The van der Waals surface area contributed by atoms with Crippen LogP contribution in [-0.2, 0) is 4.84 Å². The van der Waals surface area contributed by atoms with Crippen LogP contribution in [0.3, 0.4) is 0 Å². The maximum Gasteiger partial charge on any atom is 0.0572 e. The first-order valence-electron chi connectivity index (χ1n) is 8.97. The molecule has 0 bridgehead atoms. The zero-order chi connectivity index (χ0) is 15.4. The van der Waals surface area contributed by atoms with E-state index in [0.29, 0.717) is 0 Å². The van der Waals surface area contributed by atoms with Crippen molar-refractivity contribution in [3.63, 3.8) is 0 Å². The summed E-state index contributed by atoms with van der Waals surface area (Å²) < 4.78 is 0. The van der Waals surface area contributed by atoms with Gasteiger partial charge in [0.15, 0.2) is 0 Å². The van der Waals surface area contributed by atoms with E-state index in [4.69, 9.17) is 4.84 Å². The van der Waals surface area contributed by atoms with E-state index in [-0.39, 0.29) is 0 Å². The molecule has 0 atom stereocenters. The monoisotopic (exact) mass is 295 g/mol. The molecule has 0 aromatic heterocycles. The Morgan fingerprint density at radius 3 is 1.90 bits per heavy atom. The molecule has 0 rings (SSSR count). The van der Waals surface area contributed by atoms with Gasteiger partial charge in [0.25, 0.3) is 0 Å². The average Bonchev–Trinajstić information content (AvgIpc) is 2.50. The van der Waals surface area contributed by atoms with Gasteiger partial charge in [0.1, 0.15) is 0 Å². The van der Waals surface area contributed by atoms with Crippen LogP contribution < -0.4 is 5.48 Å². The van der Waals surface area contributed by atoms with Gasteiger partial charge in [-0.1, -0.05) is 69.8 Å². The summed E-state index contributed by atoms with van der Waals surface area (Å²) in [6.45, 7) is 3.24. The Labute approximate surface area is 133 Å². The van der Waals surface area contributed by atoms with Gasteiger partial charge >= 0.3 is 0 Å².